The summed E-state index contributed by atoms with van der Waals surface area (Å²) in [7, 11) is 0. The van der Waals surface area contributed by atoms with E-state index in [0.717, 1.165) is 0 Å². The average Bonchev–Trinajstić information content (AvgIpc) is 1.83. The van der Waals surface area contributed by atoms with Crippen LogP contribution in [0, 0.1) is 0 Å². The highest BCUT2D eigenvalue weighted by molar-refractivity contribution is 6.42. The molecule has 0 aromatic carbocycles. The lowest BCUT2D eigenvalue weighted by Crippen LogP contribution is -1.86. The molecule has 0 saturated carbocycles. The fourth-order valence-electron chi connectivity index (χ4n) is 0.432. The second-order valence-corrected chi connectivity index (χ2v) is 2.24. The van der Waals surface area contributed by atoms with Gasteiger partial charge in [-0.2, -0.15) is 0 Å². The first kappa shape index (κ1) is 9.82. The average molecular weight is 199 g/mol. The van der Waals surface area contributed by atoms with Crippen molar-refractivity contribution >= 4 is 41.3 Å². The SMILES string of the molecule is Cl.Nc1ccnc(Cl)c1Cl. The van der Waals surface area contributed by atoms with E-state index in [2.05, 4.69) is 4.98 Å². The largest absolute Gasteiger partial charge is 0.397 e. The summed E-state index contributed by atoms with van der Waals surface area (Å²) in [5, 5.41) is 0.566. The third-order valence-electron chi connectivity index (χ3n) is 0.877. The molecule has 2 nitrogen and oxygen atoms in total. The van der Waals surface area contributed by atoms with Crippen LogP contribution in [-0.2, 0) is 0 Å². The predicted molar refractivity (Wildman–Crippen MR) is 45.9 cm³/mol. The molecule has 0 saturated heterocycles. The molecule has 0 radical (unpaired) electrons. The number of rotatable bonds is 0. The second-order valence-electron chi connectivity index (χ2n) is 1.50. The highest BCUT2D eigenvalue weighted by atomic mass is 35.5. The van der Waals surface area contributed by atoms with Crippen LogP contribution in [0.5, 0.6) is 0 Å². The van der Waals surface area contributed by atoms with E-state index in [0.29, 0.717) is 10.7 Å². The van der Waals surface area contributed by atoms with Gasteiger partial charge in [-0.05, 0) is 6.07 Å². The number of nitrogens with two attached hydrogens (primary N) is 1. The van der Waals surface area contributed by atoms with Crippen molar-refractivity contribution < 1.29 is 0 Å². The van der Waals surface area contributed by atoms with Gasteiger partial charge < -0.3 is 5.73 Å². The Balaban J connectivity index is 0.000000810. The van der Waals surface area contributed by atoms with Crippen molar-refractivity contribution in [2.45, 2.75) is 0 Å². The maximum absolute atomic E-state index is 5.56. The molecule has 1 aromatic rings. The van der Waals surface area contributed by atoms with Crippen LogP contribution in [-0.4, -0.2) is 4.98 Å². The zero-order chi connectivity index (χ0) is 6.85. The fraction of sp³-hybridized carbons (Fsp3) is 0. The Labute approximate surface area is 74.8 Å². The van der Waals surface area contributed by atoms with Gasteiger partial charge in [0.15, 0.2) is 0 Å². The van der Waals surface area contributed by atoms with E-state index in [1.807, 2.05) is 0 Å². The summed E-state index contributed by atoms with van der Waals surface area (Å²) in [4.78, 5) is 3.69. The molecule has 1 heterocycles. The minimum atomic E-state index is 0. The number of halogens is 3. The number of hydrogen-bond donors (Lipinski definition) is 1. The number of aromatic nitrogens is 1. The van der Waals surface area contributed by atoms with Gasteiger partial charge in [-0.25, -0.2) is 4.98 Å². The van der Waals surface area contributed by atoms with E-state index in [1.54, 1.807) is 6.07 Å². The molecule has 0 aliphatic carbocycles. The van der Waals surface area contributed by atoms with E-state index < -0.39 is 0 Å². The van der Waals surface area contributed by atoms with Crippen LogP contribution in [0.25, 0.3) is 0 Å². The first-order valence-corrected chi connectivity index (χ1v) is 3.03. The molecule has 0 amide bonds. The Morgan fingerprint density at radius 2 is 2.00 bits per heavy atom. The van der Waals surface area contributed by atoms with Gasteiger partial charge in [0, 0.05) is 6.20 Å². The molecule has 0 aliphatic heterocycles. The Morgan fingerprint density at radius 3 is 2.40 bits per heavy atom. The monoisotopic (exact) mass is 198 g/mol. The Kier molecular flexibility index (Phi) is 3.79. The topological polar surface area (TPSA) is 38.9 Å². The van der Waals surface area contributed by atoms with Crippen molar-refractivity contribution in [3.05, 3.63) is 22.4 Å². The van der Waals surface area contributed by atoms with Crippen LogP contribution in [0.2, 0.25) is 10.2 Å². The van der Waals surface area contributed by atoms with E-state index >= 15 is 0 Å². The third-order valence-corrected chi connectivity index (χ3v) is 1.66. The normalized spacial score (nSPS) is 8.60. The number of hydrogen-bond acceptors (Lipinski definition) is 2. The smallest absolute Gasteiger partial charge is 0.149 e. The van der Waals surface area contributed by atoms with E-state index in [9.17, 15) is 0 Å². The number of pyridine rings is 1. The quantitative estimate of drug-likeness (QED) is 0.652. The molecule has 10 heavy (non-hydrogen) atoms. The van der Waals surface area contributed by atoms with Gasteiger partial charge in [-0.3, -0.25) is 0 Å². The molecule has 5 heteroatoms. The first-order chi connectivity index (χ1) is 4.22. The van der Waals surface area contributed by atoms with E-state index in [-0.39, 0.29) is 17.6 Å². The highest BCUT2D eigenvalue weighted by Gasteiger charge is 1.99. The Morgan fingerprint density at radius 1 is 1.40 bits per heavy atom. The van der Waals surface area contributed by atoms with Crippen molar-refractivity contribution in [2.75, 3.05) is 5.73 Å². The molecule has 0 aliphatic rings. The van der Waals surface area contributed by atoms with Gasteiger partial charge in [-0.1, -0.05) is 23.2 Å². The van der Waals surface area contributed by atoms with Gasteiger partial charge in [0.05, 0.1) is 5.69 Å². The third kappa shape index (κ3) is 1.90. The van der Waals surface area contributed by atoms with Crippen LogP contribution in [0.15, 0.2) is 12.3 Å². The maximum atomic E-state index is 5.56. The minimum Gasteiger partial charge on any atom is -0.397 e. The van der Waals surface area contributed by atoms with Crippen LogP contribution in [0.3, 0.4) is 0 Å². The summed E-state index contributed by atoms with van der Waals surface area (Å²) < 4.78 is 0. The molecule has 0 fully saturated rings. The van der Waals surface area contributed by atoms with Crippen LogP contribution < -0.4 is 5.73 Å². The van der Waals surface area contributed by atoms with Crippen LogP contribution >= 0.6 is 35.6 Å². The summed E-state index contributed by atoms with van der Waals surface area (Å²) in [5.41, 5.74) is 5.82. The summed E-state index contributed by atoms with van der Waals surface area (Å²) in [6, 6.07) is 1.59. The van der Waals surface area contributed by atoms with Crippen molar-refractivity contribution in [3.8, 4) is 0 Å². The second kappa shape index (κ2) is 3.86. The van der Waals surface area contributed by atoms with Crippen molar-refractivity contribution in [1.82, 2.24) is 4.98 Å². The number of anilines is 1. The molecular weight excluding hydrogens is 194 g/mol. The van der Waals surface area contributed by atoms with Gasteiger partial charge in [0.2, 0.25) is 0 Å². The number of nitrogens with zero attached hydrogens (tertiary/aromatic N) is 1. The standard InChI is InChI=1S/C5H4Cl2N2.ClH/c6-4-3(8)1-2-9-5(4)7;/h1-2H,(H2,8,9);1H. The molecular formula is C5H5Cl3N2. The molecule has 1 rings (SSSR count). The molecule has 0 unspecified atom stereocenters. The van der Waals surface area contributed by atoms with E-state index in [4.69, 9.17) is 28.9 Å². The van der Waals surface area contributed by atoms with Gasteiger partial charge in [-0.15, -0.1) is 12.4 Å². The van der Waals surface area contributed by atoms with Crippen LogP contribution in [0.4, 0.5) is 5.69 Å². The van der Waals surface area contributed by atoms with Crippen molar-refractivity contribution in [2.24, 2.45) is 0 Å². The lowest BCUT2D eigenvalue weighted by Gasteiger charge is -1.95. The van der Waals surface area contributed by atoms with Gasteiger partial charge in [0.1, 0.15) is 10.2 Å². The Hall–Kier alpha value is -0.180. The summed E-state index contributed by atoms with van der Waals surface area (Å²) in [5.74, 6) is 0. The molecule has 56 valence electrons. The minimum absolute atomic E-state index is 0. The number of nitrogen functional groups attached to an aromatic ring is 1. The summed E-state index contributed by atoms with van der Waals surface area (Å²) in [6.07, 6.45) is 1.50. The summed E-state index contributed by atoms with van der Waals surface area (Å²) in [6.45, 7) is 0. The lowest BCUT2D eigenvalue weighted by molar-refractivity contribution is 1.33. The van der Waals surface area contributed by atoms with E-state index in [1.165, 1.54) is 6.20 Å². The molecule has 1 aromatic heterocycles. The fourth-order valence-corrected chi connectivity index (χ4v) is 0.709. The zero-order valence-electron chi connectivity index (χ0n) is 4.84. The van der Waals surface area contributed by atoms with Gasteiger partial charge >= 0.3 is 0 Å². The lowest BCUT2D eigenvalue weighted by atomic mass is 10.4. The van der Waals surface area contributed by atoms with Crippen molar-refractivity contribution in [1.29, 1.82) is 0 Å². The van der Waals surface area contributed by atoms with Gasteiger partial charge in [0.25, 0.3) is 0 Å². The zero-order valence-corrected chi connectivity index (χ0v) is 7.17. The first-order valence-electron chi connectivity index (χ1n) is 2.27. The maximum Gasteiger partial charge on any atom is 0.149 e. The highest BCUT2D eigenvalue weighted by Crippen LogP contribution is 2.24. The molecule has 0 spiro atoms. The summed E-state index contributed by atoms with van der Waals surface area (Å²) >= 11 is 11.0. The van der Waals surface area contributed by atoms with Crippen molar-refractivity contribution in [3.63, 3.8) is 0 Å². The predicted octanol–water partition coefficient (Wildman–Crippen LogP) is 2.39. The molecule has 2 N–H and O–H groups in total. The van der Waals surface area contributed by atoms with Crippen LogP contribution in [0.1, 0.15) is 0 Å². The molecule has 0 bridgehead atoms. The molecule has 0 atom stereocenters. The Bertz CT molecular complexity index is 206.